The molecule has 0 saturated carbocycles. The fourth-order valence-electron chi connectivity index (χ4n) is 1.44. The van der Waals surface area contributed by atoms with Gasteiger partial charge in [-0.3, -0.25) is 14.9 Å². The van der Waals surface area contributed by atoms with Crippen LogP contribution in [0, 0.1) is 0 Å². The number of carbonyl (C=O) groups excluding carboxylic acids is 2. The van der Waals surface area contributed by atoms with E-state index >= 15 is 0 Å². The highest BCUT2D eigenvalue weighted by molar-refractivity contribution is 7.15. The van der Waals surface area contributed by atoms with Crippen molar-refractivity contribution in [3.05, 3.63) is 29.0 Å². The van der Waals surface area contributed by atoms with Crippen LogP contribution in [-0.2, 0) is 17.8 Å². The first-order chi connectivity index (χ1) is 8.72. The second-order valence-corrected chi connectivity index (χ2v) is 4.64. The molecule has 0 unspecified atom stereocenters. The third kappa shape index (κ3) is 2.80. The molecule has 0 aliphatic carbocycles. The third-order valence-electron chi connectivity index (χ3n) is 2.31. The van der Waals surface area contributed by atoms with Crippen molar-refractivity contribution >= 4 is 28.7 Å². The number of rotatable bonds is 5. The molecule has 0 fully saturated rings. The van der Waals surface area contributed by atoms with Crippen LogP contribution in [0.2, 0.25) is 0 Å². The molecule has 2 heterocycles. The summed E-state index contributed by atoms with van der Waals surface area (Å²) in [5.74, 6) is -0.229. The minimum atomic E-state index is -0.229. The minimum Gasteiger partial charge on any atom is -0.336 e. The van der Waals surface area contributed by atoms with Gasteiger partial charge < -0.3 is 4.57 Å². The quantitative estimate of drug-likeness (QED) is 0.827. The highest BCUT2D eigenvalue weighted by Crippen LogP contribution is 2.15. The summed E-state index contributed by atoms with van der Waals surface area (Å²) >= 11 is 1.35. The SMILES string of the molecule is CCc1nnc(NC(=O)Cn2cccc2C=O)s1. The monoisotopic (exact) mass is 264 g/mol. The molecule has 0 aliphatic rings. The van der Waals surface area contributed by atoms with E-state index in [1.165, 1.54) is 11.3 Å². The van der Waals surface area contributed by atoms with Gasteiger partial charge in [-0.2, -0.15) is 0 Å². The number of hydrogen-bond acceptors (Lipinski definition) is 5. The Bertz CT molecular complexity index is 561. The molecular formula is C11H12N4O2S. The topological polar surface area (TPSA) is 76.9 Å². The van der Waals surface area contributed by atoms with Gasteiger partial charge in [0.15, 0.2) is 6.29 Å². The van der Waals surface area contributed by atoms with E-state index in [-0.39, 0.29) is 12.5 Å². The van der Waals surface area contributed by atoms with Crippen LogP contribution in [0.1, 0.15) is 22.4 Å². The van der Waals surface area contributed by atoms with Crippen molar-refractivity contribution in [3.8, 4) is 0 Å². The molecular weight excluding hydrogens is 252 g/mol. The van der Waals surface area contributed by atoms with Gasteiger partial charge >= 0.3 is 0 Å². The van der Waals surface area contributed by atoms with Gasteiger partial charge in [-0.25, -0.2) is 0 Å². The smallest absolute Gasteiger partial charge is 0.246 e. The maximum atomic E-state index is 11.7. The zero-order valence-corrected chi connectivity index (χ0v) is 10.6. The van der Waals surface area contributed by atoms with Crippen LogP contribution in [0.3, 0.4) is 0 Å². The van der Waals surface area contributed by atoms with E-state index in [0.29, 0.717) is 17.1 Å². The van der Waals surface area contributed by atoms with Gasteiger partial charge in [0, 0.05) is 6.20 Å². The number of nitrogens with one attached hydrogen (secondary N) is 1. The molecule has 2 rings (SSSR count). The molecule has 1 N–H and O–H groups in total. The molecule has 7 heteroatoms. The minimum absolute atomic E-state index is 0.0854. The number of aromatic nitrogens is 3. The molecule has 0 atom stereocenters. The van der Waals surface area contributed by atoms with Crippen molar-refractivity contribution in [3.63, 3.8) is 0 Å². The molecule has 0 aliphatic heterocycles. The Morgan fingerprint density at radius 2 is 2.39 bits per heavy atom. The Kier molecular flexibility index (Phi) is 3.83. The van der Waals surface area contributed by atoms with E-state index < -0.39 is 0 Å². The van der Waals surface area contributed by atoms with E-state index in [0.717, 1.165) is 11.4 Å². The Hall–Kier alpha value is -2.02. The molecule has 2 aromatic rings. The molecule has 0 spiro atoms. The van der Waals surface area contributed by atoms with E-state index in [1.807, 2.05) is 6.92 Å². The first-order valence-electron chi connectivity index (χ1n) is 5.45. The van der Waals surface area contributed by atoms with Gasteiger partial charge in [0.1, 0.15) is 11.6 Å². The van der Waals surface area contributed by atoms with Crippen LogP contribution in [0.15, 0.2) is 18.3 Å². The lowest BCUT2D eigenvalue weighted by Gasteiger charge is -2.04. The number of anilines is 1. The van der Waals surface area contributed by atoms with Crippen LogP contribution in [0.4, 0.5) is 5.13 Å². The van der Waals surface area contributed by atoms with Gasteiger partial charge in [0.05, 0.1) is 5.69 Å². The summed E-state index contributed by atoms with van der Waals surface area (Å²) < 4.78 is 1.57. The number of aryl methyl sites for hydroxylation is 1. The Balaban J connectivity index is 1.98. The van der Waals surface area contributed by atoms with Crippen molar-refractivity contribution in [2.45, 2.75) is 19.9 Å². The van der Waals surface area contributed by atoms with Gasteiger partial charge in [0.25, 0.3) is 0 Å². The van der Waals surface area contributed by atoms with E-state index in [4.69, 9.17) is 0 Å². The van der Waals surface area contributed by atoms with Crippen molar-refractivity contribution in [1.29, 1.82) is 0 Å². The summed E-state index contributed by atoms with van der Waals surface area (Å²) in [6.07, 6.45) is 3.19. The number of nitrogens with zero attached hydrogens (tertiary/aromatic N) is 3. The normalized spacial score (nSPS) is 10.3. The maximum absolute atomic E-state index is 11.7. The summed E-state index contributed by atoms with van der Waals surface area (Å²) in [5.41, 5.74) is 0.469. The van der Waals surface area contributed by atoms with Crippen LogP contribution >= 0.6 is 11.3 Å². The Morgan fingerprint density at radius 1 is 1.56 bits per heavy atom. The lowest BCUT2D eigenvalue weighted by molar-refractivity contribution is -0.116. The molecule has 1 amide bonds. The first-order valence-corrected chi connectivity index (χ1v) is 6.27. The lowest BCUT2D eigenvalue weighted by Crippen LogP contribution is -2.19. The summed E-state index contributed by atoms with van der Waals surface area (Å²) in [6, 6.07) is 3.37. The Labute approximate surface area is 108 Å². The molecule has 0 saturated heterocycles. The molecule has 0 bridgehead atoms. The fraction of sp³-hybridized carbons (Fsp3) is 0.273. The highest BCUT2D eigenvalue weighted by atomic mass is 32.1. The van der Waals surface area contributed by atoms with Crippen molar-refractivity contribution < 1.29 is 9.59 Å². The molecule has 94 valence electrons. The second-order valence-electron chi connectivity index (χ2n) is 3.58. The number of hydrogen-bond donors (Lipinski definition) is 1. The maximum Gasteiger partial charge on any atom is 0.246 e. The van der Waals surface area contributed by atoms with Crippen LogP contribution in [0.25, 0.3) is 0 Å². The average Bonchev–Trinajstić information content (AvgIpc) is 2.97. The largest absolute Gasteiger partial charge is 0.336 e. The lowest BCUT2D eigenvalue weighted by atomic mass is 10.4. The summed E-state index contributed by atoms with van der Waals surface area (Å²) in [4.78, 5) is 22.4. The zero-order chi connectivity index (χ0) is 13.0. The molecule has 6 nitrogen and oxygen atoms in total. The van der Waals surface area contributed by atoms with E-state index in [2.05, 4.69) is 15.5 Å². The third-order valence-corrected chi connectivity index (χ3v) is 3.30. The molecule has 0 radical (unpaired) electrons. The second kappa shape index (κ2) is 5.54. The predicted octanol–water partition coefficient (Wildman–Crippen LogP) is 1.35. The van der Waals surface area contributed by atoms with Gasteiger partial charge in [-0.15, -0.1) is 10.2 Å². The number of amides is 1. The summed E-state index contributed by atoms with van der Waals surface area (Å²) in [7, 11) is 0. The molecule has 0 aromatic carbocycles. The molecule has 2 aromatic heterocycles. The van der Waals surface area contributed by atoms with E-state index in [1.54, 1.807) is 22.9 Å². The van der Waals surface area contributed by atoms with Crippen molar-refractivity contribution in [2.24, 2.45) is 0 Å². The predicted molar refractivity (Wildman–Crippen MR) is 67.7 cm³/mol. The summed E-state index contributed by atoms with van der Waals surface area (Å²) in [6.45, 7) is 2.06. The zero-order valence-electron chi connectivity index (χ0n) is 9.79. The highest BCUT2D eigenvalue weighted by Gasteiger charge is 2.09. The van der Waals surface area contributed by atoms with Crippen LogP contribution in [0.5, 0.6) is 0 Å². The van der Waals surface area contributed by atoms with Gasteiger partial charge in [-0.05, 0) is 18.6 Å². The van der Waals surface area contributed by atoms with Crippen LogP contribution < -0.4 is 5.32 Å². The molecule has 18 heavy (non-hydrogen) atoms. The first kappa shape index (κ1) is 12.4. The van der Waals surface area contributed by atoms with Crippen molar-refractivity contribution in [1.82, 2.24) is 14.8 Å². The Morgan fingerprint density at radius 3 is 3.06 bits per heavy atom. The van der Waals surface area contributed by atoms with E-state index in [9.17, 15) is 9.59 Å². The number of aldehydes is 1. The summed E-state index contributed by atoms with van der Waals surface area (Å²) in [5, 5.41) is 11.8. The number of carbonyl (C=O) groups is 2. The van der Waals surface area contributed by atoms with Gasteiger partial charge in [-0.1, -0.05) is 18.3 Å². The van der Waals surface area contributed by atoms with Gasteiger partial charge in [0.2, 0.25) is 11.0 Å². The van der Waals surface area contributed by atoms with Crippen LogP contribution in [-0.4, -0.2) is 27.0 Å². The average molecular weight is 264 g/mol. The fourth-order valence-corrected chi connectivity index (χ4v) is 2.13. The standard InChI is InChI=1S/C11H12N4O2S/c1-2-10-13-14-11(18-10)12-9(17)6-15-5-3-4-8(15)7-16/h3-5,7H,2,6H2,1H3,(H,12,14,17). The van der Waals surface area contributed by atoms with Crippen molar-refractivity contribution in [2.75, 3.05) is 5.32 Å².